The molecule has 2 aromatic carbocycles. The summed E-state index contributed by atoms with van der Waals surface area (Å²) in [6.45, 7) is 5.96. The normalized spacial score (nSPS) is 17.1. The molecule has 28 heavy (non-hydrogen) atoms. The highest BCUT2D eigenvalue weighted by Crippen LogP contribution is 2.43. The van der Waals surface area contributed by atoms with Crippen LogP contribution in [0.25, 0.3) is 0 Å². The van der Waals surface area contributed by atoms with Crippen molar-refractivity contribution < 1.29 is 18.4 Å². The molecule has 0 saturated carbocycles. The molecule has 1 heterocycles. The van der Waals surface area contributed by atoms with Crippen molar-refractivity contribution in [3.8, 4) is 0 Å². The molecule has 1 saturated heterocycles. The topological polar surface area (TPSA) is 49.4 Å². The minimum absolute atomic E-state index is 0.0450. The maximum absolute atomic E-state index is 14.3. The minimum Gasteiger partial charge on any atom is -0.326 e. The lowest BCUT2D eigenvalue weighted by molar-refractivity contribution is -0.118. The van der Waals surface area contributed by atoms with Crippen molar-refractivity contribution in [2.24, 2.45) is 5.41 Å². The molecule has 0 aromatic heterocycles. The fourth-order valence-corrected chi connectivity index (χ4v) is 4.22. The van der Waals surface area contributed by atoms with Gasteiger partial charge in [0.15, 0.2) is 0 Å². The van der Waals surface area contributed by atoms with E-state index in [4.69, 9.17) is 0 Å². The molecule has 7 heteroatoms. The lowest BCUT2D eigenvalue weighted by atomic mass is 9.92. The summed E-state index contributed by atoms with van der Waals surface area (Å²) < 4.78 is 27.5. The van der Waals surface area contributed by atoms with Gasteiger partial charge in [-0.1, -0.05) is 32.9 Å². The summed E-state index contributed by atoms with van der Waals surface area (Å²) in [5.74, 6) is -1.62. The molecule has 1 aliphatic heterocycles. The highest BCUT2D eigenvalue weighted by molar-refractivity contribution is 8.00. The summed E-state index contributed by atoms with van der Waals surface area (Å²) in [5.41, 5.74) is 1.29. The van der Waals surface area contributed by atoms with Gasteiger partial charge >= 0.3 is 0 Å². The zero-order valence-electron chi connectivity index (χ0n) is 16.0. The Bertz CT molecular complexity index is 912. The third-order valence-corrected chi connectivity index (χ3v) is 5.40. The van der Waals surface area contributed by atoms with E-state index in [2.05, 4.69) is 5.32 Å². The SMILES string of the molecule is CC(C)(C)CC(=O)Nc1cccc([C@@H]2SCC(=O)N2c2ccc(F)cc2F)c1. The van der Waals surface area contributed by atoms with Crippen LogP contribution in [-0.4, -0.2) is 17.6 Å². The van der Waals surface area contributed by atoms with Gasteiger partial charge in [-0.25, -0.2) is 8.78 Å². The van der Waals surface area contributed by atoms with E-state index in [-0.39, 0.29) is 28.7 Å². The molecule has 1 fully saturated rings. The predicted octanol–water partition coefficient (Wildman–Crippen LogP) is 5.12. The van der Waals surface area contributed by atoms with Gasteiger partial charge in [-0.15, -0.1) is 11.8 Å². The van der Waals surface area contributed by atoms with Crippen LogP contribution in [0, 0.1) is 17.0 Å². The van der Waals surface area contributed by atoms with Crippen molar-refractivity contribution >= 4 is 35.0 Å². The highest BCUT2D eigenvalue weighted by Gasteiger charge is 2.35. The van der Waals surface area contributed by atoms with Gasteiger partial charge in [0.1, 0.15) is 17.0 Å². The molecular formula is C21H22F2N2O2S. The smallest absolute Gasteiger partial charge is 0.238 e. The molecule has 3 rings (SSSR count). The summed E-state index contributed by atoms with van der Waals surface area (Å²) >= 11 is 1.36. The van der Waals surface area contributed by atoms with Crippen LogP contribution in [0.1, 0.15) is 38.1 Å². The van der Waals surface area contributed by atoms with Crippen LogP contribution in [0.2, 0.25) is 0 Å². The summed E-state index contributed by atoms with van der Waals surface area (Å²) in [6.07, 6.45) is 0.376. The third kappa shape index (κ3) is 4.70. The second-order valence-electron chi connectivity index (χ2n) is 7.93. The Hall–Kier alpha value is -2.41. The molecule has 0 spiro atoms. The number of anilines is 2. The Morgan fingerprint density at radius 1 is 1.21 bits per heavy atom. The largest absolute Gasteiger partial charge is 0.326 e. The fourth-order valence-electron chi connectivity index (χ4n) is 3.06. The van der Waals surface area contributed by atoms with Crippen LogP contribution >= 0.6 is 11.8 Å². The number of halogens is 2. The molecule has 0 radical (unpaired) electrons. The number of amides is 2. The van der Waals surface area contributed by atoms with E-state index in [9.17, 15) is 18.4 Å². The monoisotopic (exact) mass is 404 g/mol. The average molecular weight is 404 g/mol. The third-order valence-electron chi connectivity index (χ3n) is 4.18. The number of carbonyl (C=O) groups is 2. The second kappa shape index (κ2) is 7.91. The zero-order chi connectivity index (χ0) is 20.5. The predicted molar refractivity (Wildman–Crippen MR) is 108 cm³/mol. The van der Waals surface area contributed by atoms with Crippen molar-refractivity contribution in [1.82, 2.24) is 0 Å². The molecular weight excluding hydrogens is 382 g/mol. The van der Waals surface area contributed by atoms with Gasteiger partial charge in [0.05, 0.1) is 11.4 Å². The standard InChI is InChI=1S/C21H22F2N2O2S/c1-21(2,3)11-18(26)24-15-6-4-5-13(9-15)20-25(19(27)12-28-20)17-8-7-14(22)10-16(17)23/h4-10,20H,11-12H2,1-3H3,(H,24,26)/t20-/m0/s1. The van der Waals surface area contributed by atoms with Crippen molar-refractivity contribution in [2.75, 3.05) is 16.0 Å². The number of nitrogens with zero attached hydrogens (tertiary/aromatic N) is 1. The summed E-state index contributed by atoms with van der Waals surface area (Å²) in [4.78, 5) is 25.9. The van der Waals surface area contributed by atoms with Crippen molar-refractivity contribution in [2.45, 2.75) is 32.6 Å². The molecule has 2 amide bonds. The Balaban J connectivity index is 1.86. The van der Waals surface area contributed by atoms with Gasteiger partial charge in [-0.3, -0.25) is 14.5 Å². The minimum atomic E-state index is -0.782. The number of hydrogen-bond donors (Lipinski definition) is 1. The molecule has 1 atom stereocenters. The van der Waals surface area contributed by atoms with Crippen LogP contribution in [0.4, 0.5) is 20.2 Å². The first-order valence-corrected chi connectivity index (χ1v) is 9.97. The van der Waals surface area contributed by atoms with E-state index in [0.717, 1.165) is 17.7 Å². The second-order valence-corrected chi connectivity index (χ2v) is 9.00. The molecule has 148 valence electrons. The molecule has 1 aliphatic rings. The van der Waals surface area contributed by atoms with Gasteiger partial charge in [0, 0.05) is 18.2 Å². The van der Waals surface area contributed by atoms with Crippen LogP contribution < -0.4 is 10.2 Å². The first kappa shape index (κ1) is 20.3. The molecule has 0 aliphatic carbocycles. The summed E-state index contributed by atoms with van der Waals surface area (Å²) in [7, 11) is 0. The first-order chi connectivity index (χ1) is 13.1. The quantitative estimate of drug-likeness (QED) is 0.770. The Labute approximate surface area is 167 Å². The summed E-state index contributed by atoms with van der Waals surface area (Å²) in [5, 5.41) is 2.42. The lowest BCUT2D eigenvalue weighted by Crippen LogP contribution is -2.28. The van der Waals surface area contributed by atoms with Crippen LogP contribution in [0.3, 0.4) is 0 Å². The Morgan fingerprint density at radius 3 is 2.64 bits per heavy atom. The number of benzene rings is 2. The zero-order valence-corrected chi connectivity index (χ0v) is 16.8. The Kier molecular flexibility index (Phi) is 5.74. The number of carbonyl (C=O) groups excluding carboxylic acids is 2. The van der Waals surface area contributed by atoms with Crippen LogP contribution in [-0.2, 0) is 9.59 Å². The van der Waals surface area contributed by atoms with E-state index in [1.807, 2.05) is 26.8 Å². The number of thioether (sulfide) groups is 1. The number of rotatable bonds is 4. The van der Waals surface area contributed by atoms with Crippen molar-refractivity contribution in [1.29, 1.82) is 0 Å². The maximum Gasteiger partial charge on any atom is 0.238 e. The van der Waals surface area contributed by atoms with E-state index in [1.165, 1.54) is 22.7 Å². The van der Waals surface area contributed by atoms with E-state index in [1.54, 1.807) is 18.2 Å². The van der Waals surface area contributed by atoms with Gasteiger partial charge in [0.2, 0.25) is 11.8 Å². The van der Waals surface area contributed by atoms with Crippen LogP contribution in [0.15, 0.2) is 42.5 Å². The fraction of sp³-hybridized carbons (Fsp3) is 0.333. The molecule has 0 unspecified atom stereocenters. The number of nitrogens with one attached hydrogen (secondary N) is 1. The van der Waals surface area contributed by atoms with E-state index < -0.39 is 17.0 Å². The van der Waals surface area contributed by atoms with Crippen molar-refractivity contribution in [3.05, 3.63) is 59.7 Å². The summed E-state index contributed by atoms with van der Waals surface area (Å²) in [6, 6.07) is 10.3. The highest BCUT2D eigenvalue weighted by atomic mass is 32.2. The number of hydrogen-bond acceptors (Lipinski definition) is 3. The van der Waals surface area contributed by atoms with Crippen LogP contribution in [0.5, 0.6) is 0 Å². The van der Waals surface area contributed by atoms with Gasteiger partial charge in [-0.2, -0.15) is 0 Å². The van der Waals surface area contributed by atoms with Gasteiger partial charge in [-0.05, 0) is 35.2 Å². The molecule has 2 aromatic rings. The average Bonchev–Trinajstić information content (AvgIpc) is 2.95. The molecule has 0 bridgehead atoms. The lowest BCUT2D eigenvalue weighted by Gasteiger charge is -2.25. The Morgan fingerprint density at radius 2 is 1.96 bits per heavy atom. The van der Waals surface area contributed by atoms with Gasteiger partial charge in [0.25, 0.3) is 0 Å². The van der Waals surface area contributed by atoms with E-state index >= 15 is 0 Å². The van der Waals surface area contributed by atoms with E-state index in [0.29, 0.717) is 12.1 Å². The first-order valence-electron chi connectivity index (χ1n) is 8.92. The molecule has 4 nitrogen and oxygen atoms in total. The molecule has 1 N–H and O–H groups in total. The van der Waals surface area contributed by atoms with Gasteiger partial charge < -0.3 is 5.32 Å². The maximum atomic E-state index is 14.3. The van der Waals surface area contributed by atoms with Crippen molar-refractivity contribution in [3.63, 3.8) is 0 Å².